The predicted molar refractivity (Wildman–Crippen MR) is 98.0 cm³/mol. The van der Waals surface area contributed by atoms with Gasteiger partial charge in [0.25, 0.3) is 0 Å². The number of hydrogen-bond acceptors (Lipinski definition) is 5. The fourth-order valence-electron chi connectivity index (χ4n) is 2.80. The fourth-order valence-corrected chi connectivity index (χ4v) is 2.80. The molecule has 0 radical (unpaired) electrons. The Hall–Kier alpha value is -3.34. The highest BCUT2D eigenvalue weighted by atomic mass is 19.4. The topological polar surface area (TPSA) is 139 Å². The van der Waals surface area contributed by atoms with E-state index in [0.29, 0.717) is 30.4 Å². The first kappa shape index (κ1) is 22.0. The van der Waals surface area contributed by atoms with Crippen LogP contribution in [0.3, 0.4) is 0 Å². The molecular formula is C18H18F3N3O5. The lowest BCUT2D eigenvalue weighted by Crippen LogP contribution is -2.21. The normalized spacial score (nSPS) is 11.3. The van der Waals surface area contributed by atoms with Crippen LogP contribution in [-0.4, -0.2) is 49.8 Å². The summed E-state index contributed by atoms with van der Waals surface area (Å²) in [5.41, 5.74) is 7.23. The van der Waals surface area contributed by atoms with Crippen molar-refractivity contribution in [3.8, 4) is 5.75 Å². The van der Waals surface area contributed by atoms with Gasteiger partial charge in [0, 0.05) is 17.3 Å². The molecule has 0 unspecified atom stereocenters. The van der Waals surface area contributed by atoms with Crippen LogP contribution < -0.4 is 5.73 Å². The molecule has 0 bridgehead atoms. The zero-order valence-electron chi connectivity index (χ0n) is 15.2. The van der Waals surface area contributed by atoms with Crippen molar-refractivity contribution < 1.29 is 38.1 Å². The molecule has 1 heterocycles. The number of aromatic hydroxyl groups is 1. The summed E-state index contributed by atoms with van der Waals surface area (Å²) in [6.07, 6.45) is -4.42. The second-order valence-corrected chi connectivity index (χ2v) is 6.14. The molecular weight excluding hydrogens is 395 g/mol. The Labute approximate surface area is 162 Å². The number of phenols is 1. The molecule has 8 nitrogen and oxygen atoms in total. The molecule has 2 aromatic carbocycles. The maximum atomic E-state index is 11.6. The molecule has 3 rings (SSSR count). The molecule has 0 amide bonds. The number of halogens is 3. The number of nitrogens with zero attached hydrogens (tertiary/aromatic N) is 2. The van der Waals surface area contributed by atoms with Crippen LogP contribution in [0.15, 0.2) is 24.3 Å². The summed E-state index contributed by atoms with van der Waals surface area (Å²) in [5.74, 6) is -3.58. The first-order valence-electron chi connectivity index (χ1n) is 8.33. The highest BCUT2D eigenvalue weighted by molar-refractivity contribution is 6.13. The summed E-state index contributed by atoms with van der Waals surface area (Å²) in [6.45, 7) is 2.83. The lowest BCUT2D eigenvalue weighted by molar-refractivity contribution is -0.192. The van der Waals surface area contributed by atoms with Gasteiger partial charge in [-0.25, -0.2) is 9.59 Å². The maximum Gasteiger partial charge on any atom is 0.490 e. The van der Waals surface area contributed by atoms with E-state index in [2.05, 4.69) is 5.10 Å². The van der Waals surface area contributed by atoms with Crippen LogP contribution in [0, 0.1) is 6.92 Å². The van der Waals surface area contributed by atoms with Crippen molar-refractivity contribution >= 4 is 33.6 Å². The number of aromatic carboxylic acids is 1. The van der Waals surface area contributed by atoms with Gasteiger partial charge in [-0.15, -0.1) is 0 Å². The van der Waals surface area contributed by atoms with Gasteiger partial charge in [-0.05, 0) is 55.1 Å². The smallest absolute Gasteiger partial charge is 0.490 e. The Morgan fingerprint density at radius 3 is 2.28 bits per heavy atom. The number of carbonyl (C=O) groups is 2. The van der Waals surface area contributed by atoms with Crippen LogP contribution in [-0.2, 0) is 11.3 Å². The second-order valence-electron chi connectivity index (χ2n) is 6.14. The molecule has 0 aliphatic heterocycles. The Bertz CT molecular complexity index is 1080. The van der Waals surface area contributed by atoms with Gasteiger partial charge < -0.3 is 21.1 Å². The number of benzene rings is 2. The summed E-state index contributed by atoms with van der Waals surface area (Å²) in [4.78, 5) is 20.5. The van der Waals surface area contributed by atoms with E-state index in [-0.39, 0.29) is 11.4 Å². The Balaban J connectivity index is 0.000000370. The second kappa shape index (κ2) is 8.35. The van der Waals surface area contributed by atoms with Crippen molar-refractivity contribution in [1.82, 2.24) is 9.78 Å². The van der Waals surface area contributed by atoms with E-state index in [9.17, 15) is 28.2 Å². The minimum atomic E-state index is -5.08. The van der Waals surface area contributed by atoms with Crippen molar-refractivity contribution in [2.24, 2.45) is 5.73 Å². The highest BCUT2D eigenvalue weighted by Crippen LogP contribution is 2.32. The van der Waals surface area contributed by atoms with E-state index in [1.807, 2.05) is 13.0 Å². The molecule has 5 N–H and O–H groups in total. The number of aryl methyl sites for hydroxylation is 2. The van der Waals surface area contributed by atoms with Crippen molar-refractivity contribution in [3.63, 3.8) is 0 Å². The van der Waals surface area contributed by atoms with Gasteiger partial charge >= 0.3 is 18.1 Å². The third-order valence-electron chi connectivity index (χ3n) is 4.05. The Kier molecular flexibility index (Phi) is 6.32. The minimum Gasteiger partial charge on any atom is -0.508 e. The van der Waals surface area contributed by atoms with Crippen LogP contribution in [0.4, 0.5) is 13.2 Å². The number of nitrogens with two attached hydrogens (primary N) is 1. The molecule has 0 atom stereocenters. The zero-order chi connectivity index (χ0) is 21.9. The summed E-state index contributed by atoms with van der Waals surface area (Å²) < 4.78 is 33.2. The average Bonchev–Trinajstić information content (AvgIpc) is 2.98. The van der Waals surface area contributed by atoms with E-state index >= 15 is 0 Å². The number of rotatable bonds is 4. The van der Waals surface area contributed by atoms with Crippen LogP contribution in [0.5, 0.6) is 5.75 Å². The van der Waals surface area contributed by atoms with E-state index in [1.54, 1.807) is 18.2 Å². The van der Waals surface area contributed by atoms with Gasteiger partial charge in [0.1, 0.15) is 11.3 Å². The van der Waals surface area contributed by atoms with Gasteiger partial charge in [0.2, 0.25) is 0 Å². The number of fused-ring (bicyclic) bond motifs is 3. The number of aromatic nitrogens is 2. The lowest BCUT2D eigenvalue weighted by Gasteiger charge is -2.04. The van der Waals surface area contributed by atoms with Gasteiger partial charge in [-0.3, -0.25) is 4.68 Å². The monoisotopic (exact) mass is 413 g/mol. The van der Waals surface area contributed by atoms with Crippen molar-refractivity contribution in [3.05, 3.63) is 35.5 Å². The van der Waals surface area contributed by atoms with Crippen LogP contribution in [0.2, 0.25) is 0 Å². The fraction of sp³-hybridized carbons (Fsp3) is 0.278. The molecule has 0 saturated carbocycles. The molecule has 0 fully saturated rings. The van der Waals surface area contributed by atoms with Gasteiger partial charge in [-0.2, -0.15) is 18.3 Å². The quantitative estimate of drug-likeness (QED) is 0.516. The molecule has 0 aliphatic carbocycles. The van der Waals surface area contributed by atoms with Crippen LogP contribution in [0.1, 0.15) is 22.5 Å². The van der Waals surface area contributed by atoms with E-state index in [4.69, 9.17) is 15.6 Å². The number of alkyl halides is 3. The van der Waals surface area contributed by atoms with Crippen LogP contribution in [0.25, 0.3) is 21.7 Å². The molecule has 1 aromatic heterocycles. The molecule has 156 valence electrons. The van der Waals surface area contributed by atoms with Gasteiger partial charge in [-0.1, -0.05) is 0 Å². The van der Waals surface area contributed by atoms with Crippen molar-refractivity contribution in [1.29, 1.82) is 0 Å². The molecule has 29 heavy (non-hydrogen) atoms. The summed E-state index contributed by atoms with van der Waals surface area (Å²) in [6, 6.07) is 6.84. The van der Waals surface area contributed by atoms with E-state index < -0.39 is 18.1 Å². The number of carboxylic acids is 2. The molecule has 0 saturated heterocycles. The lowest BCUT2D eigenvalue weighted by atomic mass is 10.0. The van der Waals surface area contributed by atoms with E-state index in [1.165, 1.54) is 4.68 Å². The standard InChI is InChI=1S/C16H17N3O3.C2HF3O2/c1-9-7-13-14(11-4-3-10(20)8-12(9)11)18-19(6-2-5-17)15(13)16(21)22;3-2(4,5)1(6)7/h3-4,7-8,20H,2,5-6,17H2,1H3,(H,21,22);(H,6,7). The molecule has 3 aromatic rings. The molecule has 0 aliphatic rings. The average molecular weight is 413 g/mol. The third-order valence-corrected chi connectivity index (χ3v) is 4.05. The van der Waals surface area contributed by atoms with Crippen molar-refractivity contribution in [2.75, 3.05) is 6.54 Å². The zero-order valence-corrected chi connectivity index (χ0v) is 15.2. The minimum absolute atomic E-state index is 0.177. The Morgan fingerprint density at radius 1 is 1.14 bits per heavy atom. The van der Waals surface area contributed by atoms with Crippen LogP contribution >= 0.6 is 0 Å². The number of aliphatic carboxylic acids is 1. The number of carboxylic acid groups (broad SMARTS) is 2. The predicted octanol–water partition coefficient (Wildman–Crippen LogP) is 2.88. The SMILES string of the molecule is Cc1cc2c(C(=O)O)n(CCCN)nc2c2ccc(O)cc12.O=C(O)C(F)(F)F. The summed E-state index contributed by atoms with van der Waals surface area (Å²) >= 11 is 0. The van der Waals surface area contributed by atoms with Gasteiger partial charge in [0.05, 0.1) is 0 Å². The highest BCUT2D eigenvalue weighted by Gasteiger charge is 2.38. The number of hydrogen-bond donors (Lipinski definition) is 4. The molecule has 11 heteroatoms. The van der Waals surface area contributed by atoms with E-state index in [0.717, 1.165) is 16.3 Å². The maximum absolute atomic E-state index is 11.6. The van der Waals surface area contributed by atoms with Crippen molar-refractivity contribution in [2.45, 2.75) is 26.1 Å². The first-order chi connectivity index (χ1) is 13.5. The summed E-state index contributed by atoms with van der Waals surface area (Å²) in [5, 5.41) is 33.1. The molecule has 0 spiro atoms. The third kappa shape index (κ3) is 4.74. The summed E-state index contributed by atoms with van der Waals surface area (Å²) in [7, 11) is 0. The Morgan fingerprint density at radius 2 is 1.76 bits per heavy atom. The first-order valence-corrected chi connectivity index (χ1v) is 8.33. The number of phenolic OH excluding ortho intramolecular Hbond substituents is 1. The van der Waals surface area contributed by atoms with Gasteiger partial charge in [0.15, 0.2) is 5.69 Å². The largest absolute Gasteiger partial charge is 0.508 e.